The van der Waals surface area contributed by atoms with Gasteiger partial charge < -0.3 is 15.9 Å². The van der Waals surface area contributed by atoms with E-state index in [4.69, 9.17) is 11.3 Å². The lowest BCUT2D eigenvalue weighted by molar-refractivity contribution is -0.385. The van der Waals surface area contributed by atoms with E-state index < -0.39 is 17.1 Å². The minimum absolute atomic E-state index is 0.00252. The van der Waals surface area contributed by atoms with Crippen LogP contribution in [-0.4, -0.2) is 27.8 Å². The van der Waals surface area contributed by atoms with Crippen molar-refractivity contribution in [3.63, 3.8) is 0 Å². The summed E-state index contributed by atoms with van der Waals surface area (Å²) in [7, 11) is 0. The first-order chi connectivity index (χ1) is 9.38. The maximum absolute atomic E-state index is 10.8. The molecule has 0 radical (unpaired) electrons. The Labute approximate surface area is 114 Å². The molecule has 0 saturated carbocycles. The van der Waals surface area contributed by atoms with Crippen LogP contribution in [0.3, 0.4) is 0 Å². The van der Waals surface area contributed by atoms with Gasteiger partial charge in [0.25, 0.3) is 5.69 Å². The van der Waals surface area contributed by atoms with E-state index in [1.54, 1.807) is 6.92 Å². The molecule has 1 aromatic carbocycles. The first kappa shape index (κ1) is 15.7. The summed E-state index contributed by atoms with van der Waals surface area (Å²) >= 11 is 0. The minimum Gasteiger partial charge on any atom is -0.398 e. The zero-order chi connectivity index (χ0) is 15.3. The molecule has 0 fully saturated rings. The second kappa shape index (κ2) is 6.71. The minimum atomic E-state index is -1.39. The number of anilines is 1. The molecular formula is C11H15N5O4. The number of nitrogens with zero attached hydrogens (tertiary/aromatic N) is 4. The van der Waals surface area contributed by atoms with Crippen molar-refractivity contribution < 1.29 is 15.1 Å². The molecule has 0 heterocycles. The summed E-state index contributed by atoms with van der Waals surface area (Å²) in [5, 5.41) is 33.8. The molecule has 0 aliphatic rings. The molecule has 1 rings (SSSR count). The summed E-state index contributed by atoms with van der Waals surface area (Å²) in [6.07, 6.45) is -2.60. The van der Waals surface area contributed by atoms with Gasteiger partial charge in [0.05, 0.1) is 11.0 Å². The van der Waals surface area contributed by atoms with Crippen molar-refractivity contribution in [2.75, 3.05) is 12.3 Å². The fourth-order valence-electron chi connectivity index (χ4n) is 1.76. The van der Waals surface area contributed by atoms with Crippen molar-refractivity contribution >= 4 is 11.4 Å². The number of nitro groups is 1. The smallest absolute Gasteiger partial charge is 0.270 e. The predicted octanol–water partition coefficient (Wildman–Crippen LogP) is 1.58. The van der Waals surface area contributed by atoms with Crippen LogP contribution in [0.2, 0.25) is 0 Å². The molecule has 0 aromatic heterocycles. The van der Waals surface area contributed by atoms with Crippen molar-refractivity contribution in [2.45, 2.75) is 25.6 Å². The van der Waals surface area contributed by atoms with Gasteiger partial charge in [-0.3, -0.25) is 10.1 Å². The fourth-order valence-corrected chi connectivity index (χ4v) is 1.76. The van der Waals surface area contributed by atoms with Crippen LogP contribution in [0.25, 0.3) is 10.4 Å². The van der Waals surface area contributed by atoms with E-state index in [9.17, 15) is 20.3 Å². The largest absolute Gasteiger partial charge is 0.398 e. The second-order valence-corrected chi connectivity index (χ2v) is 4.28. The molecule has 2 unspecified atom stereocenters. The number of rotatable bonds is 6. The number of hydrogen-bond donors (Lipinski definition) is 3. The maximum atomic E-state index is 10.8. The summed E-state index contributed by atoms with van der Waals surface area (Å²) in [5.41, 5.74) is 14.4. The number of aliphatic hydroxyl groups is 2. The van der Waals surface area contributed by atoms with Crippen molar-refractivity contribution in [3.8, 4) is 0 Å². The van der Waals surface area contributed by atoms with Crippen LogP contribution in [0.5, 0.6) is 0 Å². The van der Waals surface area contributed by atoms with Crippen LogP contribution in [0.4, 0.5) is 11.4 Å². The average molecular weight is 281 g/mol. The van der Waals surface area contributed by atoms with E-state index in [1.807, 2.05) is 0 Å². The van der Waals surface area contributed by atoms with Crippen LogP contribution in [0, 0.1) is 17.0 Å². The van der Waals surface area contributed by atoms with Crippen molar-refractivity contribution in [3.05, 3.63) is 43.8 Å². The van der Waals surface area contributed by atoms with E-state index >= 15 is 0 Å². The van der Waals surface area contributed by atoms with Gasteiger partial charge in [0, 0.05) is 34.8 Å². The Bertz CT molecular complexity index is 556. The summed E-state index contributed by atoms with van der Waals surface area (Å²) in [6.45, 7) is 1.58. The van der Waals surface area contributed by atoms with Crippen molar-refractivity contribution in [1.82, 2.24) is 0 Å². The maximum Gasteiger partial charge on any atom is 0.270 e. The van der Waals surface area contributed by atoms with Gasteiger partial charge in [-0.15, -0.1) is 0 Å². The fraction of sp³-hybridized carbons (Fsp3) is 0.455. The van der Waals surface area contributed by atoms with Gasteiger partial charge in [-0.1, -0.05) is 5.11 Å². The van der Waals surface area contributed by atoms with Crippen LogP contribution < -0.4 is 5.73 Å². The molecule has 108 valence electrons. The van der Waals surface area contributed by atoms with Crippen LogP contribution in [0.15, 0.2) is 17.2 Å². The Morgan fingerprint density at radius 1 is 1.55 bits per heavy atom. The van der Waals surface area contributed by atoms with E-state index in [2.05, 4.69) is 10.0 Å². The second-order valence-electron chi connectivity index (χ2n) is 4.28. The van der Waals surface area contributed by atoms with Gasteiger partial charge in [-0.2, -0.15) is 0 Å². The first-order valence-corrected chi connectivity index (χ1v) is 5.80. The molecule has 0 bridgehead atoms. The molecule has 0 saturated heterocycles. The molecule has 4 N–H and O–H groups in total. The van der Waals surface area contributed by atoms with Crippen LogP contribution in [-0.2, 0) is 0 Å². The van der Waals surface area contributed by atoms with Gasteiger partial charge in [0.2, 0.25) is 0 Å². The summed E-state index contributed by atoms with van der Waals surface area (Å²) in [5.74, 6) is 0. The number of aryl methyl sites for hydroxylation is 1. The number of nitrogens with two attached hydrogens (primary N) is 1. The average Bonchev–Trinajstić information content (AvgIpc) is 2.40. The number of nitro benzene ring substituents is 1. The topological polar surface area (TPSA) is 158 Å². The summed E-state index contributed by atoms with van der Waals surface area (Å²) < 4.78 is 0. The number of aliphatic hydroxyl groups excluding tert-OH is 2. The van der Waals surface area contributed by atoms with Gasteiger partial charge in [-0.05, 0) is 24.4 Å². The summed E-state index contributed by atoms with van der Waals surface area (Å²) in [6, 6.07) is 2.42. The third-order valence-corrected chi connectivity index (χ3v) is 2.89. The van der Waals surface area contributed by atoms with Gasteiger partial charge in [0.1, 0.15) is 6.10 Å². The van der Waals surface area contributed by atoms with Gasteiger partial charge in [0.15, 0.2) is 0 Å². The Kier molecular flexibility index (Phi) is 5.27. The Balaban J connectivity index is 3.04. The lowest BCUT2D eigenvalue weighted by Gasteiger charge is -2.19. The van der Waals surface area contributed by atoms with Gasteiger partial charge >= 0.3 is 0 Å². The molecule has 0 spiro atoms. The van der Waals surface area contributed by atoms with E-state index in [0.717, 1.165) is 6.07 Å². The van der Waals surface area contributed by atoms with Crippen LogP contribution in [0.1, 0.15) is 23.7 Å². The Morgan fingerprint density at radius 3 is 2.75 bits per heavy atom. The lowest BCUT2D eigenvalue weighted by Crippen LogP contribution is -2.20. The zero-order valence-electron chi connectivity index (χ0n) is 10.8. The molecule has 20 heavy (non-hydrogen) atoms. The molecular weight excluding hydrogens is 266 g/mol. The zero-order valence-corrected chi connectivity index (χ0v) is 10.8. The number of benzene rings is 1. The third kappa shape index (κ3) is 3.58. The van der Waals surface area contributed by atoms with E-state index in [0.29, 0.717) is 5.56 Å². The lowest BCUT2D eigenvalue weighted by atomic mass is 9.97. The standard InChI is InChI=1S/C11H15N5O4/c1-6-4-7(16(19)20)5-8(10(6)12)11(18)9(17)2-3-14-15-13/h4-5,9,11,17-18H,2-3,12H2,1H3. The number of nitrogen functional groups attached to an aromatic ring is 1. The summed E-state index contributed by atoms with van der Waals surface area (Å²) in [4.78, 5) is 12.7. The molecule has 1 aromatic rings. The highest BCUT2D eigenvalue weighted by molar-refractivity contribution is 5.59. The van der Waals surface area contributed by atoms with E-state index in [1.165, 1.54) is 6.07 Å². The highest BCUT2D eigenvalue weighted by Gasteiger charge is 2.23. The van der Waals surface area contributed by atoms with Crippen LogP contribution >= 0.6 is 0 Å². The molecule has 9 heteroatoms. The molecule has 0 amide bonds. The van der Waals surface area contributed by atoms with Crippen molar-refractivity contribution in [1.29, 1.82) is 0 Å². The highest BCUT2D eigenvalue weighted by Crippen LogP contribution is 2.31. The number of azide groups is 1. The normalized spacial score (nSPS) is 13.3. The monoisotopic (exact) mass is 281 g/mol. The Morgan fingerprint density at radius 2 is 2.20 bits per heavy atom. The molecule has 0 aliphatic heterocycles. The highest BCUT2D eigenvalue weighted by atomic mass is 16.6. The third-order valence-electron chi connectivity index (χ3n) is 2.89. The van der Waals surface area contributed by atoms with Gasteiger partial charge in [-0.25, -0.2) is 0 Å². The molecule has 2 atom stereocenters. The number of non-ortho nitro benzene ring substituents is 1. The molecule has 0 aliphatic carbocycles. The Hall–Kier alpha value is -2.35. The molecule has 9 nitrogen and oxygen atoms in total. The van der Waals surface area contributed by atoms with E-state index in [-0.39, 0.29) is 29.9 Å². The first-order valence-electron chi connectivity index (χ1n) is 5.80. The number of hydrogen-bond acceptors (Lipinski definition) is 6. The SMILES string of the molecule is Cc1cc([N+](=O)[O-])cc(C(O)C(O)CCN=[N+]=[N-])c1N. The van der Waals surface area contributed by atoms with Crippen molar-refractivity contribution in [2.24, 2.45) is 5.11 Å². The quantitative estimate of drug-likeness (QED) is 0.180. The predicted molar refractivity (Wildman–Crippen MR) is 71.8 cm³/mol.